The summed E-state index contributed by atoms with van der Waals surface area (Å²) >= 11 is 10.9. The van der Waals surface area contributed by atoms with Crippen LogP contribution < -0.4 is 5.32 Å². The molecule has 0 bridgehead atoms. The molecule has 0 atom stereocenters. The van der Waals surface area contributed by atoms with Gasteiger partial charge in [0.25, 0.3) is 0 Å². The van der Waals surface area contributed by atoms with Crippen molar-refractivity contribution in [3.63, 3.8) is 0 Å². The third-order valence-electron chi connectivity index (χ3n) is 2.07. The lowest BCUT2D eigenvalue weighted by atomic mass is 10.3. The largest absolute Gasteiger partial charge is 0.308 e. The standard InChI is InChI=1S/C11H10BrClN2S/c12-10-5-9(16-11(10)13)7-15-6-8-1-3-14-4-2-8/h1-5,15H,6-7H2. The number of nitrogens with zero attached hydrogens (tertiary/aromatic N) is 1. The van der Waals surface area contributed by atoms with Gasteiger partial charge in [-0.3, -0.25) is 4.98 Å². The first-order valence-corrected chi connectivity index (χ1v) is 6.78. The van der Waals surface area contributed by atoms with E-state index < -0.39 is 0 Å². The quantitative estimate of drug-likeness (QED) is 0.926. The van der Waals surface area contributed by atoms with Crippen molar-refractivity contribution in [1.82, 2.24) is 10.3 Å². The fraction of sp³-hybridized carbons (Fsp3) is 0.182. The number of thiophene rings is 1. The van der Waals surface area contributed by atoms with Gasteiger partial charge in [0.15, 0.2) is 0 Å². The Morgan fingerprint density at radius 3 is 2.69 bits per heavy atom. The molecule has 1 N–H and O–H groups in total. The summed E-state index contributed by atoms with van der Waals surface area (Å²) in [6.07, 6.45) is 3.60. The zero-order valence-electron chi connectivity index (χ0n) is 8.41. The Kier molecular flexibility index (Phi) is 4.35. The van der Waals surface area contributed by atoms with Crippen LogP contribution in [0.25, 0.3) is 0 Å². The molecule has 0 saturated heterocycles. The summed E-state index contributed by atoms with van der Waals surface area (Å²) in [7, 11) is 0. The van der Waals surface area contributed by atoms with Gasteiger partial charge in [0.2, 0.25) is 0 Å². The van der Waals surface area contributed by atoms with Gasteiger partial charge in [-0.1, -0.05) is 11.6 Å². The van der Waals surface area contributed by atoms with Crippen LogP contribution in [0.1, 0.15) is 10.4 Å². The predicted molar refractivity (Wildman–Crippen MR) is 71.8 cm³/mol. The zero-order valence-corrected chi connectivity index (χ0v) is 11.6. The van der Waals surface area contributed by atoms with Gasteiger partial charge >= 0.3 is 0 Å². The van der Waals surface area contributed by atoms with Gasteiger partial charge in [0, 0.05) is 34.8 Å². The number of hydrogen-bond acceptors (Lipinski definition) is 3. The molecule has 2 aromatic heterocycles. The molecule has 5 heteroatoms. The van der Waals surface area contributed by atoms with Crippen molar-refractivity contribution in [3.05, 3.63) is 49.8 Å². The maximum atomic E-state index is 5.96. The normalized spacial score (nSPS) is 10.6. The molecule has 0 aliphatic carbocycles. The van der Waals surface area contributed by atoms with Crippen LogP contribution in [0.15, 0.2) is 35.1 Å². The summed E-state index contributed by atoms with van der Waals surface area (Å²) in [6, 6.07) is 6.06. The molecule has 0 amide bonds. The summed E-state index contributed by atoms with van der Waals surface area (Å²) in [5.74, 6) is 0. The van der Waals surface area contributed by atoms with E-state index in [1.54, 1.807) is 23.7 Å². The van der Waals surface area contributed by atoms with E-state index in [1.165, 1.54) is 10.4 Å². The molecule has 0 aliphatic rings. The van der Waals surface area contributed by atoms with Gasteiger partial charge < -0.3 is 5.32 Å². The topological polar surface area (TPSA) is 24.9 Å². The highest BCUT2D eigenvalue weighted by molar-refractivity contribution is 9.10. The van der Waals surface area contributed by atoms with E-state index in [1.807, 2.05) is 18.2 Å². The van der Waals surface area contributed by atoms with Crippen LogP contribution in [0.5, 0.6) is 0 Å². The molecule has 2 aromatic rings. The van der Waals surface area contributed by atoms with Gasteiger partial charge in [-0.25, -0.2) is 0 Å². The van der Waals surface area contributed by atoms with E-state index >= 15 is 0 Å². The number of nitrogens with one attached hydrogen (secondary N) is 1. The monoisotopic (exact) mass is 316 g/mol. The number of rotatable bonds is 4. The summed E-state index contributed by atoms with van der Waals surface area (Å²) in [5.41, 5.74) is 1.23. The lowest BCUT2D eigenvalue weighted by molar-refractivity contribution is 0.700. The second-order valence-electron chi connectivity index (χ2n) is 3.29. The molecule has 84 valence electrons. The van der Waals surface area contributed by atoms with E-state index in [4.69, 9.17) is 11.6 Å². The molecule has 16 heavy (non-hydrogen) atoms. The van der Waals surface area contributed by atoms with Gasteiger partial charge in [-0.05, 0) is 39.7 Å². The Morgan fingerprint density at radius 1 is 1.31 bits per heavy atom. The molecule has 2 heterocycles. The van der Waals surface area contributed by atoms with E-state index in [9.17, 15) is 0 Å². The third kappa shape index (κ3) is 3.28. The Hall–Kier alpha value is -0.420. The van der Waals surface area contributed by atoms with Crippen molar-refractivity contribution >= 4 is 38.9 Å². The molecule has 0 radical (unpaired) electrons. The Morgan fingerprint density at radius 2 is 2.06 bits per heavy atom. The maximum absolute atomic E-state index is 5.96. The zero-order chi connectivity index (χ0) is 11.4. The van der Waals surface area contributed by atoms with Gasteiger partial charge in [-0.15, -0.1) is 11.3 Å². The highest BCUT2D eigenvalue weighted by Crippen LogP contribution is 2.31. The first kappa shape index (κ1) is 12.0. The Labute approximate surface area is 112 Å². The average molecular weight is 318 g/mol. The molecular weight excluding hydrogens is 308 g/mol. The van der Waals surface area contributed by atoms with Gasteiger partial charge in [0.1, 0.15) is 4.34 Å². The van der Waals surface area contributed by atoms with E-state index in [-0.39, 0.29) is 0 Å². The highest BCUT2D eigenvalue weighted by atomic mass is 79.9. The second kappa shape index (κ2) is 5.77. The summed E-state index contributed by atoms with van der Waals surface area (Å²) in [4.78, 5) is 5.20. The van der Waals surface area contributed by atoms with Crippen LogP contribution in [0.4, 0.5) is 0 Å². The summed E-state index contributed by atoms with van der Waals surface area (Å²) in [5, 5.41) is 3.36. The molecule has 0 spiro atoms. The number of aromatic nitrogens is 1. The van der Waals surface area contributed by atoms with Crippen LogP contribution >= 0.6 is 38.9 Å². The molecule has 0 fully saturated rings. The minimum Gasteiger partial charge on any atom is -0.308 e. The average Bonchev–Trinajstić information content (AvgIpc) is 2.60. The van der Waals surface area contributed by atoms with Crippen molar-refractivity contribution < 1.29 is 0 Å². The molecule has 2 rings (SSSR count). The van der Waals surface area contributed by atoms with Gasteiger partial charge in [0.05, 0.1) is 0 Å². The lowest BCUT2D eigenvalue weighted by Crippen LogP contribution is -2.11. The van der Waals surface area contributed by atoms with Crippen LogP contribution in [0.2, 0.25) is 4.34 Å². The number of pyridine rings is 1. The van der Waals surface area contributed by atoms with Gasteiger partial charge in [-0.2, -0.15) is 0 Å². The number of hydrogen-bond donors (Lipinski definition) is 1. The van der Waals surface area contributed by atoms with E-state index in [0.29, 0.717) is 0 Å². The SMILES string of the molecule is Clc1sc(CNCc2ccncc2)cc1Br. The Balaban J connectivity index is 1.84. The Bertz CT molecular complexity index is 439. The van der Waals surface area contributed by atoms with Crippen LogP contribution in [-0.4, -0.2) is 4.98 Å². The molecule has 0 aromatic carbocycles. The molecule has 0 saturated carbocycles. The van der Waals surface area contributed by atoms with Crippen molar-refractivity contribution in [1.29, 1.82) is 0 Å². The maximum Gasteiger partial charge on any atom is 0.107 e. The molecule has 2 nitrogen and oxygen atoms in total. The van der Waals surface area contributed by atoms with Crippen LogP contribution in [-0.2, 0) is 13.1 Å². The van der Waals surface area contributed by atoms with Crippen molar-refractivity contribution in [2.75, 3.05) is 0 Å². The van der Waals surface area contributed by atoms with Crippen molar-refractivity contribution in [3.8, 4) is 0 Å². The predicted octanol–water partition coefficient (Wildman–Crippen LogP) is 3.85. The first-order valence-electron chi connectivity index (χ1n) is 4.79. The van der Waals surface area contributed by atoms with Crippen molar-refractivity contribution in [2.45, 2.75) is 13.1 Å². The minimum atomic E-state index is 0.806. The fourth-order valence-corrected chi connectivity index (χ4v) is 3.07. The number of halogens is 2. The van der Waals surface area contributed by atoms with E-state index in [2.05, 4.69) is 26.2 Å². The molecular formula is C11H10BrClN2S. The van der Waals surface area contributed by atoms with Crippen molar-refractivity contribution in [2.24, 2.45) is 0 Å². The minimum absolute atomic E-state index is 0.806. The lowest BCUT2D eigenvalue weighted by Gasteiger charge is -2.02. The van der Waals surface area contributed by atoms with Crippen LogP contribution in [0.3, 0.4) is 0 Å². The molecule has 0 aliphatic heterocycles. The summed E-state index contributed by atoms with van der Waals surface area (Å²) in [6.45, 7) is 1.67. The van der Waals surface area contributed by atoms with E-state index in [0.717, 1.165) is 21.9 Å². The first-order chi connectivity index (χ1) is 7.75. The third-order valence-corrected chi connectivity index (χ3v) is 4.55. The van der Waals surface area contributed by atoms with Crippen LogP contribution in [0, 0.1) is 0 Å². The highest BCUT2D eigenvalue weighted by Gasteiger charge is 2.03. The second-order valence-corrected chi connectivity index (χ2v) is 5.89. The smallest absolute Gasteiger partial charge is 0.107 e. The molecule has 0 unspecified atom stereocenters. The fourth-order valence-electron chi connectivity index (χ4n) is 1.31. The summed E-state index contributed by atoms with van der Waals surface area (Å²) < 4.78 is 1.78.